The minimum Gasteiger partial charge on any atom is -0.507 e. The summed E-state index contributed by atoms with van der Waals surface area (Å²) in [5, 5.41) is 20.2. The predicted octanol–water partition coefficient (Wildman–Crippen LogP) is 3.22. The average Bonchev–Trinajstić information content (AvgIpc) is 3.06. The third kappa shape index (κ3) is 3.82. The van der Waals surface area contributed by atoms with E-state index in [4.69, 9.17) is 0 Å². The number of aryl methyl sites for hydroxylation is 1. The third-order valence-electron chi connectivity index (χ3n) is 5.81. The molecular formula is C20H25N5OPd. The van der Waals surface area contributed by atoms with Crippen molar-refractivity contribution in [1.29, 1.82) is 0 Å². The number of aromatic hydroxyl groups is 1. The topological polar surface area (TPSA) is 70.0 Å². The molecule has 2 aliphatic rings. The number of hydrogen-bond acceptors (Lipinski definition) is 4. The van der Waals surface area contributed by atoms with Crippen LogP contribution in [0.4, 0.5) is 0 Å². The summed E-state index contributed by atoms with van der Waals surface area (Å²) in [5.41, 5.74) is 3.45. The molecule has 1 aliphatic heterocycles. The van der Waals surface area contributed by atoms with E-state index in [1.165, 1.54) is 24.1 Å². The minimum atomic E-state index is 0. The second-order valence-corrected chi connectivity index (χ2v) is 7.72. The smallest absolute Gasteiger partial charge is 0.125 e. The molecule has 2 N–H and O–H groups in total. The molecule has 3 aromatic rings. The zero-order valence-corrected chi connectivity index (χ0v) is 16.8. The van der Waals surface area contributed by atoms with Gasteiger partial charge in [0, 0.05) is 55.9 Å². The average molecular weight is 458 g/mol. The number of nitrogens with zero attached hydrogens (tertiary/aromatic N) is 4. The fourth-order valence-electron chi connectivity index (χ4n) is 4.22. The van der Waals surface area contributed by atoms with Crippen LogP contribution in [0.5, 0.6) is 5.75 Å². The number of fused-ring (bicyclic) bond motifs is 1. The maximum atomic E-state index is 10.2. The Balaban J connectivity index is 0.00000180. The van der Waals surface area contributed by atoms with Crippen molar-refractivity contribution in [2.75, 3.05) is 19.6 Å². The number of aromatic nitrogens is 4. The molecule has 2 aromatic heterocycles. The van der Waals surface area contributed by atoms with Crippen molar-refractivity contribution >= 4 is 10.9 Å². The Hall–Kier alpha value is -1.68. The van der Waals surface area contributed by atoms with Crippen molar-refractivity contribution in [3.05, 3.63) is 41.9 Å². The molecule has 1 saturated carbocycles. The van der Waals surface area contributed by atoms with E-state index in [1.54, 1.807) is 6.07 Å². The number of phenolic OH excluding ortho intramolecular Hbond substituents is 1. The second-order valence-electron chi connectivity index (χ2n) is 7.72. The molecule has 146 valence electrons. The van der Waals surface area contributed by atoms with E-state index in [9.17, 15) is 5.11 Å². The van der Waals surface area contributed by atoms with Gasteiger partial charge in [-0.2, -0.15) is 15.0 Å². The Morgan fingerprint density at radius 3 is 2.89 bits per heavy atom. The summed E-state index contributed by atoms with van der Waals surface area (Å²) in [4.78, 5) is 7.69. The van der Waals surface area contributed by atoms with Gasteiger partial charge in [-0.3, -0.25) is 0 Å². The van der Waals surface area contributed by atoms with Gasteiger partial charge in [-0.15, -0.1) is 0 Å². The van der Waals surface area contributed by atoms with Crippen molar-refractivity contribution in [3.63, 3.8) is 0 Å². The van der Waals surface area contributed by atoms with E-state index in [1.807, 2.05) is 23.1 Å². The maximum Gasteiger partial charge on any atom is 0.125 e. The van der Waals surface area contributed by atoms with Gasteiger partial charge >= 0.3 is 0 Å². The first-order valence-electron chi connectivity index (χ1n) is 9.69. The molecule has 0 spiro atoms. The number of nitrogens with one attached hydrogen (secondary N) is 1. The van der Waals surface area contributed by atoms with E-state index in [2.05, 4.69) is 26.3 Å². The first-order chi connectivity index (χ1) is 12.8. The van der Waals surface area contributed by atoms with Crippen LogP contribution in [-0.4, -0.2) is 49.6 Å². The van der Waals surface area contributed by atoms with Crippen molar-refractivity contribution in [2.24, 2.45) is 0 Å². The maximum absolute atomic E-state index is 10.2. The van der Waals surface area contributed by atoms with E-state index in [-0.39, 0.29) is 20.4 Å². The summed E-state index contributed by atoms with van der Waals surface area (Å²) in [6.45, 7) is 4.14. The van der Waals surface area contributed by atoms with Crippen LogP contribution < -0.4 is 0 Å². The van der Waals surface area contributed by atoms with Crippen LogP contribution in [0.2, 0.25) is 0 Å². The molecule has 27 heavy (non-hydrogen) atoms. The Kier molecular flexibility index (Phi) is 5.36. The quantitative estimate of drug-likeness (QED) is 0.558. The van der Waals surface area contributed by atoms with Crippen LogP contribution in [0.15, 0.2) is 30.6 Å². The Bertz CT molecular complexity index is 916. The predicted molar refractivity (Wildman–Crippen MR) is 100 cm³/mol. The molecular weight excluding hydrogens is 433 g/mol. The van der Waals surface area contributed by atoms with Gasteiger partial charge < -0.3 is 15.0 Å². The van der Waals surface area contributed by atoms with Gasteiger partial charge in [-0.05, 0) is 56.5 Å². The molecule has 1 saturated heterocycles. The van der Waals surface area contributed by atoms with Crippen molar-refractivity contribution in [3.8, 4) is 5.75 Å². The van der Waals surface area contributed by atoms with Gasteiger partial charge in [-0.25, -0.2) is 0 Å². The molecule has 6 nitrogen and oxygen atoms in total. The SMILES string of the molecule is Oc1cccc2[nH]cc(C3CCN(CCCn4ncc(C5CC5)n4)C3)c12.[Pd]. The van der Waals surface area contributed by atoms with Crippen molar-refractivity contribution < 1.29 is 25.5 Å². The molecule has 1 aliphatic carbocycles. The first kappa shape index (κ1) is 18.7. The van der Waals surface area contributed by atoms with Gasteiger partial charge in [0.05, 0.1) is 18.4 Å². The largest absolute Gasteiger partial charge is 0.507 e. The van der Waals surface area contributed by atoms with E-state index in [0.717, 1.165) is 49.9 Å². The summed E-state index contributed by atoms with van der Waals surface area (Å²) in [6.07, 6.45) is 8.78. The standard InChI is InChI=1S/C20H25N5O.Pd/c26-19-4-1-3-17-20(19)16(11-21-17)15-7-10-24(13-15)8-2-9-25-22-12-18(23-25)14-5-6-14;/h1,3-4,11-12,14-15,21,26H,2,5-10,13H2;. The van der Waals surface area contributed by atoms with Gasteiger partial charge in [0.25, 0.3) is 0 Å². The van der Waals surface area contributed by atoms with Crippen LogP contribution in [0.1, 0.15) is 48.8 Å². The third-order valence-corrected chi connectivity index (χ3v) is 5.81. The number of rotatable bonds is 6. The molecule has 1 unspecified atom stereocenters. The number of hydrogen-bond donors (Lipinski definition) is 2. The van der Waals surface area contributed by atoms with Crippen LogP contribution in [0.3, 0.4) is 0 Å². The molecule has 1 atom stereocenters. The monoisotopic (exact) mass is 457 g/mol. The van der Waals surface area contributed by atoms with E-state index < -0.39 is 0 Å². The van der Waals surface area contributed by atoms with Crippen LogP contribution in [0, 0.1) is 0 Å². The zero-order valence-electron chi connectivity index (χ0n) is 15.3. The number of likely N-dealkylation sites (tertiary alicyclic amines) is 1. The molecule has 3 heterocycles. The fourth-order valence-corrected chi connectivity index (χ4v) is 4.22. The minimum absolute atomic E-state index is 0. The molecule has 0 amide bonds. The van der Waals surface area contributed by atoms with Gasteiger partial charge in [0.1, 0.15) is 5.75 Å². The number of aromatic amines is 1. The molecule has 1 aromatic carbocycles. The molecule has 2 fully saturated rings. The summed E-state index contributed by atoms with van der Waals surface area (Å²) in [7, 11) is 0. The normalized spacial score (nSPS) is 20.2. The Morgan fingerprint density at radius 1 is 1.15 bits per heavy atom. The van der Waals surface area contributed by atoms with Gasteiger partial charge in [-0.1, -0.05) is 6.07 Å². The molecule has 7 heteroatoms. The number of benzene rings is 1. The van der Waals surface area contributed by atoms with E-state index >= 15 is 0 Å². The van der Waals surface area contributed by atoms with Crippen LogP contribution >= 0.6 is 0 Å². The molecule has 5 rings (SSSR count). The van der Waals surface area contributed by atoms with E-state index in [0.29, 0.717) is 17.6 Å². The summed E-state index contributed by atoms with van der Waals surface area (Å²) < 4.78 is 0. The number of phenols is 1. The van der Waals surface area contributed by atoms with Gasteiger partial charge in [0.2, 0.25) is 0 Å². The van der Waals surface area contributed by atoms with Crippen LogP contribution in [0.25, 0.3) is 10.9 Å². The van der Waals surface area contributed by atoms with Gasteiger partial charge in [0.15, 0.2) is 0 Å². The second kappa shape index (κ2) is 7.75. The number of H-pyrrole nitrogens is 1. The summed E-state index contributed by atoms with van der Waals surface area (Å²) in [6, 6.07) is 5.69. The summed E-state index contributed by atoms with van der Waals surface area (Å²) in [5.74, 6) is 1.55. The van der Waals surface area contributed by atoms with Crippen molar-refractivity contribution in [1.82, 2.24) is 24.9 Å². The van der Waals surface area contributed by atoms with Crippen LogP contribution in [-0.2, 0) is 27.0 Å². The Morgan fingerprint density at radius 2 is 2.04 bits per heavy atom. The van der Waals surface area contributed by atoms with Crippen molar-refractivity contribution in [2.45, 2.75) is 44.1 Å². The molecule has 0 bridgehead atoms. The zero-order chi connectivity index (χ0) is 17.5. The molecule has 0 radical (unpaired) electrons. The summed E-state index contributed by atoms with van der Waals surface area (Å²) >= 11 is 0. The fraction of sp³-hybridized carbons (Fsp3) is 0.500. The Labute approximate surface area is 172 Å². The first-order valence-corrected chi connectivity index (χ1v) is 9.69.